The van der Waals surface area contributed by atoms with E-state index in [2.05, 4.69) is 30.8 Å². The summed E-state index contributed by atoms with van der Waals surface area (Å²) in [6, 6.07) is 0.0312. The van der Waals surface area contributed by atoms with Crippen molar-refractivity contribution in [1.29, 1.82) is 0 Å². The van der Waals surface area contributed by atoms with Crippen molar-refractivity contribution in [3.63, 3.8) is 0 Å². The van der Waals surface area contributed by atoms with Gasteiger partial charge in [-0.15, -0.1) is 0 Å². The smallest absolute Gasteiger partial charge is 0.194 e. The fourth-order valence-corrected chi connectivity index (χ4v) is 10.3. The Hall–Kier alpha value is -5.43. The molecular weight excluding hydrogens is 1040 g/mol. The molecule has 0 saturated carbocycles. The first-order valence-electron chi connectivity index (χ1n) is 19.9. The zero-order valence-electron chi connectivity index (χ0n) is 35.1. The molecule has 26 heteroatoms. The summed E-state index contributed by atoms with van der Waals surface area (Å²) in [6.45, 7) is 3.77. The van der Waals surface area contributed by atoms with Crippen LogP contribution in [0.3, 0.4) is 0 Å². The lowest BCUT2D eigenvalue weighted by Gasteiger charge is -2.46. The Kier molecular flexibility index (Phi) is 15.5. The van der Waals surface area contributed by atoms with Crippen molar-refractivity contribution in [2.45, 2.75) is 68.0 Å². The van der Waals surface area contributed by atoms with Crippen LogP contribution in [0, 0.1) is 0 Å². The molecule has 0 nitrogen and oxygen atoms in total. The summed E-state index contributed by atoms with van der Waals surface area (Å²) in [5, 5.41) is 0. The highest BCUT2D eigenvalue weighted by Crippen LogP contribution is 2.41. The number of hydrogen-bond acceptors (Lipinski definition) is 0. The lowest BCUT2D eigenvalue weighted by molar-refractivity contribution is -0.144. The van der Waals surface area contributed by atoms with Crippen LogP contribution in [0.4, 0.5) is 105 Å². The molecule has 71 heavy (non-hydrogen) atoms. The Morgan fingerprint density at radius 1 is 0.352 bits per heavy atom. The minimum atomic E-state index is -6.13. The molecule has 0 aromatic heterocycles. The second-order valence-corrected chi connectivity index (χ2v) is 18.4. The van der Waals surface area contributed by atoms with Gasteiger partial charge in [0.15, 0.2) is 0 Å². The van der Waals surface area contributed by atoms with Crippen LogP contribution >= 0.6 is 0 Å². The van der Waals surface area contributed by atoms with Gasteiger partial charge in [0.2, 0.25) is 0 Å². The Bertz CT molecular complexity index is 2250. The highest BCUT2D eigenvalue weighted by atomic mass is 32.2. The first kappa shape index (κ1) is 56.5. The summed E-state index contributed by atoms with van der Waals surface area (Å²) in [4.78, 5) is 0. The van der Waals surface area contributed by atoms with Gasteiger partial charge < -0.3 is 0 Å². The van der Waals surface area contributed by atoms with Gasteiger partial charge in [0.05, 0.1) is 44.5 Å². The van der Waals surface area contributed by atoms with Crippen LogP contribution in [0.25, 0.3) is 6.08 Å². The standard InChI is InChI=1S/C32H12BF24.C13H17S/c34-25(35,36)13-1-14(26(37,38)39)6-21(5-13)33(22-7-15(27(40,41)42)2-16(8-22)28(43,44)45,23-9-17(29(46,47)48)3-18(10-23)30(49,50)51)24-11-19(31(52,53)54)4-20(12-24)32(55,56)57;1-2-12-5-7-13(8-6-12)11-14-9-3-4-10-14/h1-12H;2,5-8H,1,3-4,9-11H2/q-1;+1. The highest BCUT2D eigenvalue weighted by Gasteiger charge is 2.47. The topological polar surface area (TPSA) is 0 Å². The van der Waals surface area contributed by atoms with E-state index in [0.717, 1.165) is 0 Å². The van der Waals surface area contributed by atoms with E-state index in [1.54, 1.807) is 0 Å². The lowest BCUT2D eigenvalue weighted by atomic mass is 9.12. The summed E-state index contributed by atoms with van der Waals surface area (Å²) < 4.78 is 341. The van der Waals surface area contributed by atoms with Crippen molar-refractivity contribution in [3.8, 4) is 0 Å². The van der Waals surface area contributed by atoms with E-state index < -0.39 is 195 Å². The van der Waals surface area contributed by atoms with Crippen LogP contribution in [0.2, 0.25) is 0 Å². The minimum Gasteiger partial charge on any atom is -0.194 e. The molecule has 0 spiro atoms. The zero-order valence-corrected chi connectivity index (χ0v) is 35.9. The molecule has 0 atom stereocenters. The van der Waals surface area contributed by atoms with Crippen molar-refractivity contribution < 1.29 is 105 Å². The molecule has 1 aliphatic heterocycles. The molecule has 5 aromatic carbocycles. The highest BCUT2D eigenvalue weighted by molar-refractivity contribution is 7.96. The van der Waals surface area contributed by atoms with E-state index in [4.69, 9.17) is 0 Å². The summed E-state index contributed by atoms with van der Waals surface area (Å²) >= 11 is 0. The van der Waals surface area contributed by atoms with Crippen molar-refractivity contribution >= 4 is 45.0 Å². The molecule has 0 radical (unpaired) electrons. The summed E-state index contributed by atoms with van der Waals surface area (Å²) in [5.41, 5.74) is -27.5. The maximum Gasteiger partial charge on any atom is 0.416 e. The van der Waals surface area contributed by atoms with Crippen molar-refractivity contribution in [2.24, 2.45) is 0 Å². The molecule has 0 N–H and O–H groups in total. The predicted molar refractivity (Wildman–Crippen MR) is 217 cm³/mol. The molecule has 6 rings (SSSR count). The van der Waals surface area contributed by atoms with Gasteiger partial charge in [-0.05, 0) is 53.6 Å². The molecule has 0 aliphatic carbocycles. The zero-order chi connectivity index (χ0) is 53.7. The van der Waals surface area contributed by atoms with Crippen LogP contribution < -0.4 is 21.9 Å². The first-order chi connectivity index (χ1) is 32.1. The second-order valence-electron chi connectivity index (χ2n) is 16.0. The summed E-state index contributed by atoms with van der Waals surface area (Å²) in [7, 11) is 0.687. The summed E-state index contributed by atoms with van der Waals surface area (Å²) in [5.74, 6) is 4.23. The van der Waals surface area contributed by atoms with Crippen molar-refractivity contribution in [3.05, 3.63) is 159 Å². The minimum absolute atomic E-state index is 0.687. The SMILES string of the molecule is C=Cc1ccc(C[S+]2CCCC2)cc1.FC(F)(F)c1cc([B-](c2cc(C(F)(F)F)cc(C(F)(F)F)c2)(c2cc(C(F)(F)F)cc(C(F)(F)F)c2)c2cc(C(F)(F)F)cc(C(F)(F)F)c2)cc(C(F)(F)F)c1. The van der Waals surface area contributed by atoms with Crippen LogP contribution in [0.15, 0.2) is 104 Å². The lowest BCUT2D eigenvalue weighted by Crippen LogP contribution is -2.75. The van der Waals surface area contributed by atoms with Gasteiger partial charge in [0.25, 0.3) is 0 Å². The fraction of sp³-hybridized carbons (Fsp3) is 0.289. The average Bonchev–Trinajstić information content (AvgIpc) is 3.75. The average molecular weight is 1070 g/mol. The molecule has 1 heterocycles. The van der Waals surface area contributed by atoms with E-state index in [0.29, 0.717) is 10.9 Å². The maximum atomic E-state index is 14.2. The van der Waals surface area contributed by atoms with E-state index in [1.807, 2.05) is 6.08 Å². The van der Waals surface area contributed by atoms with Gasteiger partial charge in [0, 0.05) is 5.56 Å². The van der Waals surface area contributed by atoms with Crippen LogP contribution in [-0.2, 0) is 66.1 Å². The largest absolute Gasteiger partial charge is 0.416 e. The Labute approximate surface area is 388 Å². The summed E-state index contributed by atoms with van der Waals surface area (Å²) in [6.07, 6.45) is -50.0. The molecule has 386 valence electrons. The van der Waals surface area contributed by atoms with Crippen LogP contribution in [-0.4, -0.2) is 17.7 Å². The van der Waals surface area contributed by atoms with Crippen LogP contribution in [0.5, 0.6) is 0 Å². The number of rotatable bonds is 7. The van der Waals surface area contributed by atoms with Gasteiger partial charge in [0.1, 0.15) is 23.4 Å². The Balaban J connectivity index is 0.000000569. The van der Waals surface area contributed by atoms with Gasteiger partial charge in [-0.1, -0.05) is 85.5 Å². The normalized spacial score (nSPS) is 14.9. The molecular formula is C45H29BF24S. The number of alkyl halides is 24. The monoisotopic (exact) mass is 1070 g/mol. The molecule has 1 aliphatic rings. The van der Waals surface area contributed by atoms with Gasteiger partial charge in [-0.2, -0.15) is 127 Å². The molecule has 0 amide bonds. The van der Waals surface area contributed by atoms with Gasteiger partial charge in [-0.3, -0.25) is 0 Å². The van der Waals surface area contributed by atoms with E-state index in [9.17, 15) is 105 Å². The van der Waals surface area contributed by atoms with E-state index in [1.165, 1.54) is 41.2 Å². The quantitative estimate of drug-likeness (QED) is 0.0866. The molecule has 5 aromatic rings. The fourth-order valence-electron chi connectivity index (χ4n) is 7.92. The Morgan fingerprint density at radius 3 is 0.746 bits per heavy atom. The Morgan fingerprint density at radius 2 is 0.563 bits per heavy atom. The molecule has 0 unspecified atom stereocenters. The third-order valence-corrected chi connectivity index (χ3v) is 13.6. The van der Waals surface area contributed by atoms with Crippen molar-refractivity contribution in [1.82, 2.24) is 0 Å². The van der Waals surface area contributed by atoms with Crippen LogP contribution in [0.1, 0.15) is 68.5 Å². The number of benzene rings is 5. The molecule has 1 saturated heterocycles. The molecule has 0 bridgehead atoms. The first-order valence-corrected chi connectivity index (χ1v) is 21.6. The third-order valence-electron chi connectivity index (χ3n) is 11.1. The molecule has 1 fully saturated rings. The predicted octanol–water partition coefficient (Wildman–Crippen LogP) is 14.5. The van der Waals surface area contributed by atoms with Gasteiger partial charge in [-0.25, -0.2) is 0 Å². The van der Waals surface area contributed by atoms with Gasteiger partial charge >= 0.3 is 49.4 Å². The van der Waals surface area contributed by atoms with E-state index in [-0.39, 0.29) is 0 Å². The maximum absolute atomic E-state index is 14.2. The number of halogens is 24. The second kappa shape index (κ2) is 19.5. The third kappa shape index (κ3) is 13.4. The number of hydrogen-bond donors (Lipinski definition) is 0. The van der Waals surface area contributed by atoms with Crippen molar-refractivity contribution in [2.75, 3.05) is 11.5 Å². The van der Waals surface area contributed by atoms with E-state index >= 15 is 0 Å².